The molecule has 0 aliphatic rings. The standard InChI is InChI=1S/C32H30IN5/c1-22(30(16-23-7-13-29(33)14-8-23)27-6-4-5-24(15-27)17-34)38-31(32(2,3)20-35)26-11-9-25(10-12-26)28-18-36-21-37-19-28/h4-15,18-19,21-22,30-31,38H,16H2,1-3H3/t22-,30+,31?/m0/s1. The molecule has 0 spiro atoms. The molecule has 38 heavy (non-hydrogen) atoms. The average molecular weight is 612 g/mol. The lowest BCUT2D eigenvalue weighted by atomic mass is 9.79. The lowest BCUT2D eigenvalue weighted by Gasteiger charge is -2.36. The molecule has 0 saturated heterocycles. The van der Waals surface area contributed by atoms with Gasteiger partial charge in [0.05, 0.1) is 29.2 Å². The summed E-state index contributed by atoms with van der Waals surface area (Å²) in [7, 11) is 0. The number of halogens is 1. The van der Waals surface area contributed by atoms with Gasteiger partial charge in [-0.15, -0.1) is 0 Å². The van der Waals surface area contributed by atoms with Crippen LogP contribution in [0.3, 0.4) is 0 Å². The molecule has 4 aromatic rings. The average Bonchev–Trinajstić information content (AvgIpc) is 2.96. The van der Waals surface area contributed by atoms with Crippen molar-refractivity contribution in [2.45, 2.75) is 45.2 Å². The van der Waals surface area contributed by atoms with Gasteiger partial charge in [0.25, 0.3) is 0 Å². The Hall–Kier alpha value is -3.59. The van der Waals surface area contributed by atoms with Crippen molar-refractivity contribution in [2.24, 2.45) is 5.41 Å². The molecule has 5 nitrogen and oxygen atoms in total. The van der Waals surface area contributed by atoms with Crippen LogP contribution in [0.4, 0.5) is 0 Å². The molecule has 0 amide bonds. The van der Waals surface area contributed by atoms with Gasteiger partial charge in [-0.3, -0.25) is 0 Å². The monoisotopic (exact) mass is 611 g/mol. The smallest absolute Gasteiger partial charge is 0.115 e. The number of rotatable bonds is 9. The summed E-state index contributed by atoms with van der Waals surface area (Å²) in [5.74, 6) is 0.0982. The maximum Gasteiger partial charge on any atom is 0.115 e. The van der Waals surface area contributed by atoms with E-state index in [2.05, 4.69) is 112 Å². The van der Waals surface area contributed by atoms with Crippen LogP contribution in [0, 0.1) is 31.6 Å². The zero-order valence-corrected chi connectivity index (χ0v) is 23.9. The quantitative estimate of drug-likeness (QED) is 0.202. The molecule has 1 heterocycles. The van der Waals surface area contributed by atoms with Crippen molar-refractivity contribution in [2.75, 3.05) is 0 Å². The fourth-order valence-electron chi connectivity index (χ4n) is 4.78. The SMILES string of the molecule is C[C@H](NC(c1ccc(-c2cncnc2)cc1)C(C)(C)C#N)[C@@H](Cc1ccc(I)cc1)c1cccc(C#N)c1. The lowest BCUT2D eigenvalue weighted by molar-refractivity contribution is 0.281. The molecule has 0 radical (unpaired) electrons. The minimum atomic E-state index is -0.659. The van der Waals surface area contributed by atoms with Crippen LogP contribution in [0.25, 0.3) is 11.1 Å². The maximum atomic E-state index is 10.1. The van der Waals surface area contributed by atoms with Crippen molar-refractivity contribution in [3.63, 3.8) is 0 Å². The van der Waals surface area contributed by atoms with Crippen molar-refractivity contribution in [1.29, 1.82) is 10.5 Å². The van der Waals surface area contributed by atoms with Crippen LogP contribution in [-0.2, 0) is 6.42 Å². The van der Waals surface area contributed by atoms with Gasteiger partial charge in [0.15, 0.2) is 0 Å². The Balaban J connectivity index is 1.67. The number of aromatic nitrogens is 2. The first-order chi connectivity index (χ1) is 18.3. The minimum absolute atomic E-state index is 0.0167. The first-order valence-corrected chi connectivity index (χ1v) is 13.7. The summed E-state index contributed by atoms with van der Waals surface area (Å²) in [6, 6.07) is 29.3. The molecule has 4 rings (SSSR count). The molecule has 3 atom stereocenters. The topological polar surface area (TPSA) is 85.4 Å². The second-order valence-electron chi connectivity index (χ2n) is 10.1. The summed E-state index contributed by atoms with van der Waals surface area (Å²) in [5, 5.41) is 23.5. The fourth-order valence-corrected chi connectivity index (χ4v) is 5.14. The lowest BCUT2D eigenvalue weighted by Crippen LogP contribution is -2.42. The molecular formula is C32H30IN5. The van der Waals surface area contributed by atoms with E-state index in [1.54, 1.807) is 12.4 Å². The predicted octanol–water partition coefficient (Wildman–Crippen LogP) is 7.22. The summed E-state index contributed by atoms with van der Waals surface area (Å²) < 4.78 is 1.20. The number of nitrogens with one attached hydrogen (secondary N) is 1. The molecular weight excluding hydrogens is 581 g/mol. The minimum Gasteiger partial charge on any atom is -0.305 e. The van der Waals surface area contributed by atoms with Crippen LogP contribution < -0.4 is 5.32 Å². The molecule has 0 fully saturated rings. The first-order valence-electron chi connectivity index (χ1n) is 12.6. The molecule has 0 bridgehead atoms. The number of nitrogens with zero attached hydrogens (tertiary/aromatic N) is 4. The molecule has 1 aromatic heterocycles. The summed E-state index contributed by atoms with van der Waals surface area (Å²) in [5.41, 5.74) is 5.35. The van der Waals surface area contributed by atoms with Gasteiger partial charge < -0.3 is 5.32 Å². The van der Waals surface area contributed by atoms with Gasteiger partial charge in [0, 0.05) is 33.5 Å². The van der Waals surface area contributed by atoms with E-state index in [0.717, 1.165) is 28.7 Å². The van der Waals surface area contributed by atoms with Crippen LogP contribution in [-0.4, -0.2) is 16.0 Å². The highest BCUT2D eigenvalue weighted by Gasteiger charge is 2.34. The highest BCUT2D eigenvalue weighted by Crippen LogP contribution is 2.36. The number of benzene rings is 3. The van der Waals surface area contributed by atoms with Gasteiger partial charge in [-0.1, -0.05) is 48.5 Å². The molecule has 0 saturated carbocycles. The third-order valence-corrected chi connectivity index (χ3v) is 7.71. The summed E-state index contributed by atoms with van der Waals surface area (Å²) >= 11 is 2.32. The predicted molar refractivity (Wildman–Crippen MR) is 159 cm³/mol. The second-order valence-corrected chi connectivity index (χ2v) is 11.4. The summed E-state index contributed by atoms with van der Waals surface area (Å²) in [4.78, 5) is 8.25. The Morgan fingerprint density at radius 1 is 0.895 bits per heavy atom. The molecule has 190 valence electrons. The van der Waals surface area contributed by atoms with Crippen LogP contribution in [0.1, 0.15) is 55.0 Å². The van der Waals surface area contributed by atoms with Gasteiger partial charge in [-0.25, -0.2) is 9.97 Å². The van der Waals surface area contributed by atoms with Crippen molar-refractivity contribution in [1.82, 2.24) is 15.3 Å². The molecule has 6 heteroatoms. The van der Waals surface area contributed by atoms with Crippen molar-refractivity contribution in [3.05, 3.63) is 117 Å². The van der Waals surface area contributed by atoms with Crippen LogP contribution in [0.5, 0.6) is 0 Å². The van der Waals surface area contributed by atoms with E-state index in [1.807, 2.05) is 32.0 Å². The Morgan fingerprint density at radius 2 is 1.58 bits per heavy atom. The van der Waals surface area contributed by atoms with Gasteiger partial charge in [0.1, 0.15) is 6.33 Å². The van der Waals surface area contributed by atoms with E-state index in [9.17, 15) is 10.5 Å². The highest BCUT2D eigenvalue weighted by molar-refractivity contribution is 14.1. The first kappa shape index (κ1) is 27.4. The van der Waals surface area contributed by atoms with Crippen molar-refractivity contribution in [3.8, 4) is 23.3 Å². The third-order valence-electron chi connectivity index (χ3n) is 6.99. The summed E-state index contributed by atoms with van der Waals surface area (Å²) in [6.45, 7) is 6.12. The summed E-state index contributed by atoms with van der Waals surface area (Å²) in [6.07, 6.45) is 5.92. The number of nitriles is 2. The van der Waals surface area contributed by atoms with E-state index in [-0.39, 0.29) is 18.0 Å². The zero-order chi connectivity index (χ0) is 27.1. The van der Waals surface area contributed by atoms with Crippen LogP contribution in [0.15, 0.2) is 91.5 Å². The molecule has 3 aromatic carbocycles. The molecule has 1 N–H and O–H groups in total. The highest BCUT2D eigenvalue weighted by atomic mass is 127. The maximum absolute atomic E-state index is 10.1. The Morgan fingerprint density at radius 3 is 2.21 bits per heavy atom. The largest absolute Gasteiger partial charge is 0.305 e. The zero-order valence-electron chi connectivity index (χ0n) is 21.8. The molecule has 0 aliphatic carbocycles. The van der Waals surface area contributed by atoms with Crippen LogP contribution in [0.2, 0.25) is 0 Å². The van der Waals surface area contributed by atoms with E-state index in [4.69, 9.17) is 0 Å². The molecule has 0 aliphatic heterocycles. The normalized spacial score (nSPS) is 13.6. The number of hydrogen-bond acceptors (Lipinski definition) is 5. The Bertz CT molecular complexity index is 1430. The van der Waals surface area contributed by atoms with E-state index >= 15 is 0 Å². The van der Waals surface area contributed by atoms with E-state index in [0.29, 0.717) is 5.56 Å². The van der Waals surface area contributed by atoms with Gasteiger partial charge in [-0.05, 0) is 96.3 Å². The van der Waals surface area contributed by atoms with E-state index in [1.165, 1.54) is 15.5 Å². The fraction of sp³-hybridized carbons (Fsp3) is 0.250. The van der Waals surface area contributed by atoms with Gasteiger partial charge in [0.2, 0.25) is 0 Å². The molecule has 1 unspecified atom stereocenters. The Labute approximate surface area is 238 Å². The van der Waals surface area contributed by atoms with E-state index < -0.39 is 5.41 Å². The van der Waals surface area contributed by atoms with Crippen molar-refractivity contribution >= 4 is 22.6 Å². The van der Waals surface area contributed by atoms with Gasteiger partial charge >= 0.3 is 0 Å². The Kier molecular flexibility index (Phi) is 8.89. The van der Waals surface area contributed by atoms with Gasteiger partial charge in [-0.2, -0.15) is 10.5 Å². The number of hydrogen-bond donors (Lipinski definition) is 1. The van der Waals surface area contributed by atoms with Crippen molar-refractivity contribution < 1.29 is 0 Å². The second kappa shape index (κ2) is 12.3. The third kappa shape index (κ3) is 6.64. The van der Waals surface area contributed by atoms with Crippen LogP contribution >= 0.6 is 22.6 Å².